The predicted octanol–water partition coefficient (Wildman–Crippen LogP) is 3.93. The standard InChI is InChI=1S/C22H30N4O3.HI/c1-4-23-22(26(2)15-18-11-12-28-16-18)25-14-17-5-10-21(24-13-17)29-20-8-6-19(27-3)7-9-20;/h5-10,13,18H,4,11-12,14-16H2,1-3H3,(H,23,25);1H. The van der Waals surface area contributed by atoms with E-state index in [0.29, 0.717) is 18.3 Å². The molecule has 0 saturated carbocycles. The summed E-state index contributed by atoms with van der Waals surface area (Å²) < 4.78 is 16.4. The fraction of sp³-hybridized carbons (Fsp3) is 0.455. The first kappa shape index (κ1) is 24.2. The van der Waals surface area contributed by atoms with Crippen LogP contribution in [-0.2, 0) is 11.3 Å². The maximum absolute atomic E-state index is 5.77. The fourth-order valence-electron chi connectivity index (χ4n) is 3.17. The third kappa shape index (κ3) is 7.32. The second-order valence-corrected chi connectivity index (χ2v) is 7.06. The average Bonchev–Trinajstić information content (AvgIpc) is 3.25. The van der Waals surface area contributed by atoms with Crippen LogP contribution in [0.4, 0.5) is 0 Å². The highest BCUT2D eigenvalue weighted by Crippen LogP contribution is 2.22. The number of nitrogens with one attached hydrogen (secondary N) is 1. The largest absolute Gasteiger partial charge is 0.497 e. The summed E-state index contributed by atoms with van der Waals surface area (Å²) in [6.45, 7) is 6.11. The maximum atomic E-state index is 5.77. The van der Waals surface area contributed by atoms with Gasteiger partial charge in [-0.05, 0) is 43.2 Å². The van der Waals surface area contributed by atoms with Crippen molar-refractivity contribution in [1.29, 1.82) is 0 Å². The maximum Gasteiger partial charge on any atom is 0.219 e. The molecule has 7 nitrogen and oxygen atoms in total. The molecule has 1 aromatic carbocycles. The molecular weight excluding hydrogens is 495 g/mol. The lowest BCUT2D eigenvalue weighted by Gasteiger charge is -2.24. The van der Waals surface area contributed by atoms with Crippen LogP contribution >= 0.6 is 24.0 Å². The lowest BCUT2D eigenvalue weighted by molar-refractivity contribution is 0.181. The first-order chi connectivity index (χ1) is 14.2. The molecule has 0 bridgehead atoms. The highest BCUT2D eigenvalue weighted by atomic mass is 127. The molecule has 1 N–H and O–H groups in total. The minimum Gasteiger partial charge on any atom is -0.497 e. The van der Waals surface area contributed by atoms with E-state index < -0.39 is 0 Å². The van der Waals surface area contributed by atoms with Crippen LogP contribution in [0.5, 0.6) is 17.4 Å². The monoisotopic (exact) mass is 526 g/mol. The summed E-state index contributed by atoms with van der Waals surface area (Å²) in [6.07, 6.45) is 2.92. The van der Waals surface area contributed by atoms with E-state index in [2.05, 4.69) is 29.2 Å². The summed E-state index contributed by atoms with van der Waals surface area (Å²) in [5.41, 5.74) is 1.03. The molecule has 1 atom stereocenters. The topological polar surface area (TPSA) is 68.2 Å². The van der Waals surface area contributed by atoms with E-state index in [0.717, 1.165) is 55.7 Å². The third-order valence-electron chi connectivity index (χ3n) is 4.74. The van der Waals surface area contributed by atoms with Gasteiger partial charge in [0.05, 0.1) is 20.3 Å². The summed E-state index contributed by atoms with van der Waals surface area (Å²) in [6, 6.07) is 11.3. The van der Waals surface area contributed by atoms with Crippen LogP contribution in [0, 0.1) is 5.92 Å². The lowest BCUT2D eigenvalue weighted by Crippen LogP contribution is -2.41. The van der Waals surface area contributed by atoms with E-state index in [1.165, 1.54) is 0 Å². The van der Waals surface area contributed by atoms with Crippen molar-refractivity contribution in [3.05, 3.63) is 48.2 Å². The van der Waals surface area contributed by atoms with Gasteiger partial charge in [-0.3, -0.25) is 0 Å². The fourth-order valence-corrected chi connectivity index (χ4v) is 3.17. The number of nitrogens with zero attached hydrogens (tertiary/aromatic N) is 3. The molecule has 1 aliphatic heterocycles. The first-order valence-electron chi connectivity index (χ1n) is 10.0. The Balaban J connectivity index is 0.00000320. The number of rotatable bonds is 8. The Hall–Kier alpha value is -2.07. The summed E-state index contributed by atoms with van der Waals surface area (Å²) in [4.78, 5) is 11.3. The van der Waals surface area contributed by atoms with Crippen molar-refractivity contribution < 1.29 is 14.2 Å². The zero-order valence-electron chi connectivity index (χ0n) is 17.8. The lowest BCUT2D eigenvalue weighted by atomic mass is 10.1. The van der Waals surface area contributed by atoms with Crippen LogP contribution in [0.15, 0.2) is 47.6 Å². The van der Waals surface area contributed by atoms with Crippen molar-refractivity contribution in [2.45, 2.75) is 19.9 Å². The van der Waals surface area contributed by atoms with Gasteiger partial charge in [0.25, 0.3) is 0 Å². The molecule has 0 radical (unpaired) electrons. The summed E-state index contributed by atoms with van der Waals surface area (Å²) in [5.74, 6) is 3.53. The SMILES string of the molecule is CCNC(=NCc1ccc(Oc2ccc(OC)cc2)nc1)N(C)CC1CCOC1.I. The third-order valence-corrected chi connectivity index (χ3v) is 4.74. The molecule has 2 heterocycles. The molecule has 8 heteroatoms. The molecule has 3 rings (SSSR count). The van der Waals surface area contributed by atoms with Crippen LogP contribution in [-0.4, -0.2) is 56.3 Å². The van der Waals surface area contributed by atoms with E-state index in [1.807, 2.05) is 36.4 Å². The highest BCUT2D eigenvalue weighted by molar-refractivity contribution is 14.0. The molecular formula is C22H31IN4O3. The van der Waals surface area contributed by atoms with Gasteiger partial charge in [0.15, 0.2) is 5.96 Å². The highest BCUT2D eigenvalue weighted by Gasteiger charge is 2.19. The van der Waals surface area contributed by atoms with Crippen LogP contribution in [0.3, 0.4) is 0 Å². The second kappa shape index (κ2) is 12.6. The van der Waals surface area contributed by atoms with Crippen LogP contribution in [0.25, 0.3) is 0 Å². The Labute approximate surface area is 195 Å². The van der Waals surface area contributed by atoms with Gasteiger partial charge in [0.2, 0.25) is 5.88 Å². The predicted molar refractivity (Wildman–Crippen MR) is 129 cm³/mol. The van der Waals surface area contributed by atoms with Gasteiger partial charge in [0, 0.05) is 44.9 Å². The van der Waals surface area contributed by atoms with Gasteiger partial charge in [-0.2, -0.15) is 0 Å². The van der Waals surface area contributed by atoms with Crippen LogP contribution < -0.4 is 14.8 Å². The zero-order valence-corrected chi connectivity index (χ0v) is 20.2. The van der Waals surface area contributed by atoms with E-state index in [-0.39, 0.29) is 24.0 Å². The van der Waals surface area contributed by atoms with Gasteiger partial charge in [0.1, 0.15) is 11.5 Å². The Bertz CT molecular complexity index is 778. The Morgan fingerprint density at radius 1 is 1.23 bits per heavy atom. The van der Waals surface area contributed by atoms with Gasteiger partial charge in [-0.15, -0.1) is 24.0 Å². The molecule has 1 aliphatic rings. The van der Waals surface area contributed by atoms with Crippen molar-refractivity contribution in [3.8, 4) is 17.4 Å². The Kier molecular flexibility index (Phi) is 10.2. The van der Waals surface area contributed by atoms with Crippen molar-refractivity contribution >= 4 is 29.9 Å². The molecule has 0 spiro atoms. The quantitative estimate of drug-likeness (QED) is 0.320. The number of hydrogen-bond donors (Lipinski definition) is 1. The minimum absolute atomic E-state index is 0. The van der Waals surface area contributed by atoms with Crippen molar-refractivity contribution in [2.75, 3.05) is 40.5 Å². The summed E-state index contributed by atoms with van der Waals surface area (Å²) in [5, 5.41) is 3.36. The van der Waals surface area contributed by atoms with Crippen molar-refractivity contribution in [1.82, 2.24) is 15.2 Å². The molecule has 0 amide bonds. The molecule has 2 aromatic rings. The Morgan fingerprint density at radius 2 is 2.00 bits per heavy atom. The molecule has 1 saturated heterocycles. The summed E-state index contributed by atoms with van der Waals surface area (Å²) >= 11 is 0. The number of ether oxygens (including phenoxy) is 3. The van der Waals surface area contributed by atoms with Gasteiger partial charge in [-0.25, -0.2) is 9.98 Å². The van der Waals surface area contributed by atoms with Gasteiger partial charge < -0.3 is 24.4 Å². The number of halogens is 1. The molecule has 1 fully saturated rings. The van der Waals surface area contributed by atoms with E-state index in [1.54, 1.807) is 13.3 Å². The number of hydrogen-bond acceptors (Lipinski definition) is 5. The van der Waals surface area contributed by atoms with Gasteiger partial charge in [-0.1, -0.05) is 6.07 Å². The molecule has 1 unspecified atom stereocenters. The number of benzene rings is 1. The number of guanidine groups is 1. The zero-order chi connectivity index (χ0) is 20.5. The van der Waals surface area contributed by atoms with Crippen molar-refractivity contribution in [2.24, 2.45) is 10.9 Å². The molecule has 1 aromatic heterocycles. The van der Waals surface area contributed by atoms with Gasteiger partial charge >= 0.3 is 0 Å². The number of pyridine rings is 1. The van der Waals surface area contributed by atoms with E-state index in [9.17, 15) is 0 Å². The Morgan fingerprint density at radius 3 is 2.60 bits per heavy atom. The van der Waals surface area contributed by atoms with E-state index >= 15 is 0 Å². The minimum atomic E-state index is 0. The number of aliphatic imine (C=N–C) groups is 1. The van der Waals surface area contributed by atoms with E-state index in [4.69, 9.17) is 19.2 Å². The van der Waals surface area contributed by atoms with Crippen molar-refractivity contribution in [3.63, 3.8) is 0 Å². The number of aromatic nitrogens is 1. The molecule has 30 heavy (non-hydrogen) atoms. The normalized spacial score (nSPS) is 16.0. The average molecular weight is 526 g/mol. The summed E-state index contributed by atoms with van der Waals surface area (Å²) in [7, 11) is 3.71. The molecule has 164 valence electrons. The smallest absolute Gasteiger partial charge is 0.219 e. The van der Waals surface area contributed by atoms with Crippen LogP contribution in [0.2, 0.25) is 0 Å². The first-order valence-corrected chi connectivity index (χ1v) is 10.0. The van der Waals surface area contributed by atoms with Crippen LogP contribution in [0.1, 0.15) is 18.9 Å². The molecule has 0 aliphatic carbocycles. The number of methoxy groups -OCH3 is 1. The second-order valence-electron chi connectivity index (χ2n) is 7.06.